The van der Waals surface area contributed by atoms with Gasteiger partial charge in [-0.3, -0.25) is 4.79 Å². The van der Waals surface area contributed by atoms with Gasteiger partial charge in [0, 0.05) is 17.8 Å². The van der Waals surface area contributed by atoms with Crippen LogP contribution < -0.4 is 15.4 Å². The summed E-state index contributed by atoms with van der Waals surface area (Å²) >= 11 is 0. The molecular formula is C36H46N2O6. The van der Waals surface area contributed by atoms with E-state index in [1.54, 1.807) is 20.8 Å². The smallest absolute Gasteiger partial charge is 0.408 e. The highest BCUT2D eigenvalue weighted by Crippen LogP contribution is 2.32. The van der Waals surface area contributed by atoms with E-state index in [9.17, 15) is 14.7 Å². The van der Waals surface area contributed by atoms with Gasteiger partial charge in [0.25, 0.3) is 0 Å². The maximum absolute atomic E-state index is 12.5. The van der Waals surface area contributed by atoms with Crippen LogP contribution >= 0.6 is 0 Å². The zero-order valence-corrected chi connectivity index (χ0v) is 26.7. The number of amides is 1. The van der Waals surface area contributed by atoms with E-state index in [-0.39, 0.29) is 19.0 Å². The SMILES string of the molecule is CC(C)(C)OC(=O)Cc1ccccc1OCc1cc(NCC2CC2)cc(-c2cccc(C(CO)NC(=O)OC(C)(C)C)c2)c1. The molecule has 1 fully saturated rings. The van der Waals surface area contributed by atoms with Crippen molar-refractivity contribution in [2.45, 2.75) is 84.7 Å². The van der Waals surface area contributed by atoms with Crippen LogP contribution in [0.5, 0.6) is 5.75 Å². The van der Waals surface area contributed by atoms with Gasteiger partial charge in [-0.1, -0.05) is 36.4 Å². The van der Waals surface area contributed by atoms with E-state index in [1.165, 1.54) is 12.8 Å². The molecule has 3 aromatic rings. The highest BCUT2D eigenvalue weighted by molar-refractivity contribution is 5.74. The minimum Gasteiger partial charge on any atom is -0.489 e. The van der Waals surface area contributed by atoms with E-state index in [1.807, 2.05) is 69.3 Å². The first-order valence-corrected chi connectivity index (χ1v) is 15.3. The number of benzene rings is 3. The molecule has 1 aliphatic carbocycles. The third kappa shape index (κ3) is 10.6. The average Bonchev–Trinajstić information content (AvgIpc) is 3.77. The summed E-state index contributed by atoms with van der Waals surface area (Å²) in [5, 5.41) is 16.4. The first-order chi connectivity index (χ1) is 20.8. The van der Waals surface area contributed by atoms with Crippen LogP contribution in [0.1, 0.15) is 77.1 Å². The second-order valence-corrected chi connectivity index (χ2v) is 13.4. The highest BCUT2D eigenvalue weighted by atomic mass is 16.6. The fourth-order valence-electron chi connectivity index (χ4n) is 4.73. The van der Waals surface area contributed by atoms with Crippen molar-refractivity contribution in [2.75, 3.05) is 18.5 Å². The van der Waals surface area contributed by atoms with Crippen molar-refractivity contribution in [3.8, 4) is 16.9 Å². The molecule has 0 spiro atoms. The van der Waals surface area contributed by atoms with Crippen molar-refractivity contribution in [2.24, 2.45) is 5.92 Å². The molecule has 0 aromatic heterocycles. The van der Waals surface area contributed by atoms with Gasteiger partial charge in [0.1, 0.15) is 23.6 Å². The van der Waals surface area contributed by atoms with Gasteiger partial charge in [-0.05, 0) is 113 Å². The summed E-state index contributed by atoms with van der Waals surface area (Å²) in [7, 11) is 0. The van der Waals surface area contributed by atoms with Crippen molar-refractivity contribution >= 4 is 17.7 Å². The number of aliphatic hydroxyl groups excluding tert-OH is 1. The van der Waals surface area contributed by atoms with Crippen LogP contribution in [0.25, 0.3) is 11.1 Å². The van der Waals surface area contributed by atoms with Crippen LogP contribution in [0, 0.1) is 5.92 Å². The summed E-state index contributed by atoms with van der Waals surface area (Å²) in [6, 6.07) is 20.9. The molecule has 3 N–H and O–H groups in total. The minimum atomic E-state index is -0.644. The summed E-state index contributed by atoms with van der Waals surface area (Å²) in [5.74, 6) is 1.03. The molecule has 1 saturated carbocycles. The lowest BCUT2D eigenvalue weighted by Crippen LogP contribution is -2.36. The fraction of sp³-hybridized carbons (Fsp3) is 0.444. The average molecular weight is 603 g/mol. The predicted octanol–water partition coefficient (Wildman–Crippen LogP) is 7.20. The van der Waals surface area contributed by atoms with Gasteiger partial charge >= 0.3 is 12.1 Å². The number of rotatable bonds is 12. The first-order valence-electron chi connectivity index (χ1n) is 15.3. The Balaban J connectivity index is 1.55. The van der Waals surface area contributed by atoms with Gasteiger partial charge in [0.15, 0.2) is 0 Å². The zero-order valence-electron chi connectivity index (χ0n) is 26.7. The Hall–Kier alpha value is -4.04. The number of hydrogen-bond acceptors (Lipinski definition) is 7. The van der Waals surface area contributed by atoms with E-state index in [4.69, 9.17) is 14.2 Å². The van der Waals surface area contributed by atoms with E-state index in [0.717, 1.165) is 40.0 Å². The lowest BCUT2D eigenvalue weighted by molar-refractivity contribution is -0.153. The molecular weight excluding hydrogens is 556 g/mol. The Morgan fingerprint density at radius 1 is 0.886 bits per heavy atom. The third-order valence-corrected chi connectivity index (χ3v) is 6.90. The van der Waals surface area contributed by atoms with Crippen molar-refractivity contribution in [1.29, 1.82) is 0 Å². The topological polar surface area (TPSA) is 106 Å². The summed E-state index contributed by atoms with van der Waals surface area (Å²) in [6.45, 7) is 11.9. The number of anilines is 1. The molecule has 8 nitrogen and oxygen atoms in total. The van der Waals surface area contributed by atoms with E-state index in [0.29, 0.717) is 18.3 Å². The highest BCUT2D eigenvalue weighted by Gasteiger charge is 2.22. The molecule has 4 rings (SSSR count). The summed E-state index contributed by atoms with van der Waals surface area (Å²) in [6.07, 6.45) is 2.02. The van der Waals surface area contributed by atoms with Gasteiger partial charge in [0.2, 0.25) is 0 Å². The number of esters is 1. The van der Waals surface area contributed by atoms with Crippen LogP contribution in [-0.2, 0) is 27.3 Å². The van der Waals surface area contributed by atoms with Gasteiger partial charge in [-0.2, -0.15) is 0 Å². The van der Waals surface area contributed by atoms with E-state index in [2.05, 4.69) is 28.8 Å². The number of carbonyl (C=O) groups excluding carboxylic acids is 2. The lowest BCUT2D eigenvalue weighted by Gasteiger charge is -2.23. The number of aliphatic hydroxyl groups is 1. The Kier molecular flexibility index (Phi) is 10.6. The molecule has 44 heavy (non-hydrogen) atoms. The van der Waals surface area contributed by atoms with Gasteiger partial charge in [0.05, 0.1) is 19.1 Å². The van der Waals surface area contributed by atoms with Gasteiger partial charge in [-0.25, -0.2) is 4.79 Å². The molecule has 1 aliphatic rings. The van der Waals surface area contributed by atoms with E-state index < -0.39 is 23.3 Å². The summed E-state index contributed by atoms with van der Waals surface area (Å²) in [5.41, 5.74) is 4.20. The number of ether oxygens (including phenoxy) is 3. The zero-order chi connectivity index (χ0) is 31.9. The van der Waals surface area contributed by atoms with Crippen LogP contribution in [-0.4, -0.2) is 41.5 Å². The second kappa shape index (κ2) is 14.2. The number of nitrogens with one attached hydrogen (secondary N) is 2. The Bertz CT molecular complexity index is 1440. The molecule has 1 atom stereocenters. The molecule has 236 valence electrons. The van der Waals surface area contributed by atoms with E-state index >= 15 is 0 Å². The van der Waals surface area contributed by atoms with Crippen molar-refractivity contribution in [1.82, 2.24) is 5.32 Å². The van der Waals surface area contributed by atoms with Crippen LogP contribution in [0.2, 0.25) is 0 Å². The van der Waals surface area contributed by atoms with Crippen molar-refractivity contribution in [3.05, 3.63) is 83.4 Å². The molecule has 0 saturated heterocycles. The maximum atomic E-state index is 12.5. The quantitative estimate of drug-likeness (QED) is 0.188. The minimum absolute atomic E-state index is 0.123. The molecule has 0 heterocycles. The Morgan fingerprint density at radius 2 is 1.61 bits per heavy atom. The van der Waals surface area contributed by atoms with Crippen LogP contribution in [0.3, 0.4) is 0 Å². The monoisotopic (exact) mass is 602 g/mol. The van der Waals surface area contributed by atoms with Crippen molar-refractivity contribution < 1.29 is 28.9 Å². The van der Waals surface area contributed by atoms with Crippen LogP contribution in [0.4, 0.5) is 10.5 Å². The Labute approximate surface area is 261 Å². The molecule has 0 radical (unpaired) electrons. The number of hydrogen-bond donors (Lipinski definition) is 3. The largest absolute Gasteiger partial charge is 0.489 e. The van der Waals surface area contributed by atoms with Gasteiger partial charge in [-0.15, -0.1) is 0 Å². The molecule has 1 unspecified atom stereocenters. The second-order valence-electron chi connectivity index (χ2n) is 13.4. The fourth-order valence-corrected chi connectivity index (χ4v) is 4.73. The summed E-state index contributed by atoms with van der Waals surface area (Å²) < 4.78 is 17.2. The Morgan fingerprint density at radius 3 is 2.30 bits per heavy atom. The molecule has 8 heteroatoms. The molecule has 1 amide bonds. The van der Waals surface area contributed by atoms with Crippen molar-refractivity contribution in [3.63, 3.8) is 0 Å². The predicted molar refractivity (Wildman–Crippen MR) is 173 cm³/mol. The third-order valence-electron chi connectivity index (χ3n) is 6.90. The standard InChI is InChI=1S/C36H46N2O6/c1-35(2,3)43-33(40)20-28-10-7-8-13-32(28)42-23-25-16-29(19-30(17-25)37-21-24-14-15-24)26-11-9-12-27(18-26)31(22-39)38-34(41)44-36(4,5)6/h7-13,16-19,24,31,37,39H,14-15,20-23H2,1-6H3,(H,38,41). The molecule has 3 aromatic carbocycles. The normalized spacial score (nSPS) is 14.0. The number of para-hydroxylation sites is 1. The summed E-state index contributed by atoms with van der Waals surface area (Å²) in [4.78, 5) is 24.9. The maximum Gasteiger partial charge on any atom is 0.408 e. The number of alkyl carbamates (subject to hydrolysis) is 1. The van der Waals surface area contributed by atoms with Crippen LogP contribution in [0.15, 0.2) is 66.7 Å². The van der Waals surface area contributed by atoms with Gasteiger partial charge < -0.3 is 30.0 Å². The lowest BCUT2D eigenvalue weighted by atomic mass is 9.98. The molecule has 0 bridgehead atoms. The molecule has 0 aliphatic heterocycles. The number of carbonyl (C=O) groups is 2. The first kappa shape index (κ1) is 32.9.